The Morgan fingerprint density at radius 2 is 2.03 bits per heavy atom. The Hall–Kier alpha value is -1.66. The van der Waals surface area contributed by atoms with Gasteiger partial charge in [-0.3, -0.25) is 9.89 Å². The van der Waals surface area contributed by atoms with E-state index in [1.165, 1.54) is 11.3 Å². The normalized spacial score (nSPS) is 13.4. The Bertz CT molecular complexity index is 837. The smallest absolute Gasteiger partial charge is 0.350 e. The van der Waals surface area contributed by atoms with Gasteiger partial charge in [0.2, 0.25) is 0 Å². The number of furan rings is 1. The van der Waals surface area contributed by atoms with E-state index < -0.39 is 0 Å². The number of esters is 1. The van der Waals surface area contributed by atoms with E-state index in [-0.39, 0.29) is 42.0 Å². The van der Waals surface area contributed by atoms with Gasteiger partial charge in [0.1, 0.15) is 15.6 Å². The van der Waals surface area contributed by atoms with Crippen molar-refractivity contribution in [3.63, 3.8) is 0 Å². The molecule has 2 N–H and O–H groups in total. The molecule has 2 rings (SSSR count). The number of aromatic nitrogens is 1. The number of carbonyl (C=O) groups is 1. The zero-order valence-corrected chi connectivity index (χ0v) is 23.0. The average molecular weight is 578 g/mol. The second kappa shape index (κ2) is 14.5. The molecule has 0 fully saturated rings. The number of hydrogen-bond donors (Lipinski definition) is 2. The topological polar surface area (TPSA) is 92.0 Å². The van der Waals surface area contributed by atoms with Crippen LogP contribution < -0.4 is 10.6 Å². The van der Waals surface area contributed by atoms with E-state index in [1.54, 1.807) is 13.2 Å². The zero-order chi connectivity index (χ0) is 22.8. The van der Waals surface area contributed by atoms with Gasteiger partial charge in [-0.25, -0.2) is 9.78 Å². The number of thiazole rings is 1. The molecule has 0 aliphatic carbocycles. The maximum atomic E-state index is 12.1. The number of carbonyl (C=O) groups excluding carboxylic acids is 1. The molecule has 0 radical (unpaired) electrons. The lowest BCUT2D eigenvalue weighted by atomic mass is 10.2. The summed E-state index contributed by atoms with van der Waals surface area (Å²) in [4.78, 5) is 24.4. The van der Waals surface area contributed by atoms with Crippen molar-refractivity contribution < 1.29 is 13.9 Å². The Kier molecular flexibility index (Phi) is 12.8. The maximum Gasteiger partial charge on any atom is 0.350 e. The van der Waals surface area contributed by atoms with E-state index in [2.05, 4.69) is 34.4 Å². The lowest BCUT2D eigenvalue weighted by molar-refractivity contribution is 0.0531. The first-order valence-corrected chi connectivity index (χ1v) is 11.7. The molecule has 0 saturated carbocycles. The molecule has 0 amide bonds. The van der Waals surface area contributed by atoms with Gasteiger partial charge in [0.15, 0.2) is 5.96 Å². The molecule has 2 atom stereocenters. The van der Waals surface area contributed by atoms with Crippen molar-refractivity contribution in [1.82, 2.24) is 20.5 Å². The molecular formula is C22H36IN5O3S. The van der Waals surface area contributed by atoms with Crippen LogP contribution in [0.1, 0.15) is 72.8 Å². The SMILES string of the molecule is CCNC(=NCC(c1ccco1)N(CC)CC)NC(C)c1nc(C)c(C(=O)OCC)s1.I. The van der Waals surface area contributed by atoms with E-state index in [0.717, 1.165) is 30.4 Å². The van der Waals surface area contributed by atoms with Gasteiger partial charge < -0.3 is 19.8 Å². The Morgan fingerprint density at radius 3 is 2.59 bits per heavy atom. The lowest BCUT2D eigenvalue weighted by Crippen LogP contribution is -2.39. The van der Waals surface area contributed by atoms with Crippen molar-refractivity contribution in [1.29, 1.82) is 0 Å². The number of hydrogen-bond acceptors (Lipinski definition) is 7. The first-order chi connectivity index (χ1) is 14.9. The van der Waals surface area contributed by atoms with Crippen molar-refractivity contribution in [3.8, 4) is 0 Å². The predicted molar refractivity (Wildman–Crippen MR) is 140 cm³/mol. The second-order valence-electron chi connectivity index (χ2n) is 7.03. The first kappa shape index (κ1) is 28.4. The molecule has 0 aliphatic heterocycles. The van der Waals surface area contributed by atoms with Crippen molar-refractivity contribution >= 4 is 47.2 Å². The van der Waals surface area contributed by atoms with Crippen LogP contribution in [0.15, 0.2) is 27.8 Å². The van der Waals surface area contributed by atoms with Gasteiger partial charge in [0.25, 0.3) is 0 Å². The van der Waals surface area contributed by atoms with E-state index >= 15 is 0 Å². The first-order valence-electron chi connectivity index (χ1n) is 10.9. The minimum Gasteiger partial charge on any atom is -0.468 e. The van der Waals surface area contributed by atoms with E-state index in [9.17, 15) is 4.79 Å². The summed E-state index contributed by atoms with van der Waals surface area (Å²) in [5.74, 6) is 1.28. The highest BCUT2D eigenvalue weighted by Gasteiger charge is 2.22. The molecule has 2 heterocycles. The highest BCUT2D eigenvalue weighted by atomic mass is 127. The number of rotatable bonds is 11. The van der Waals surface area contributed by atoms with Crippen LogP contribution >= 0.6 is 35.3 Å². The fourth-order valence-corrected chi connectivity index (χ4v) is 4.25. The summed E-state index contributed by atoms with van der Waals surface area (Å²) < 4.78 is 10.8. The molecule has 8 nitrogen and oxygen atoms in total. The van der Waals surface area contributed by atoms with Crippen molar-refractivity contribution in [2.45, 2.75) is 53.6 Å². The van der Waals surface area contributed by atoms with Gasteiger partial charge in [0, 0.05) is 6.54 Å². The lowest BCUT2D eigenvalue weighted by Gasteiger charge is -2.27. The molecule has 32 heavy (non-hydrogen) atoms. The fourth-order valence-electron chi connectivity index (χ4n) is 3.28. The minimum absolute atomic E-state index is 0. The highest BCUT2D eigenvalue weighted by Crippen LogP contribution is 2.25. The number of guanidine groups is 1. The summed E-state index contributed by atoms with van der Waals surface area (Å²) in [5.41, 5.74) is 0.688. The Morgan fingerprint density at radius 1 is 1.31 bits per heavy atom. The van der Waals surface area contributed by atoms with Gasteiger partial charge in [-0.1, -0.05) is 13.8 Å². The molecule has 2 aromatic heterocycles. The van der Waals surface area contributed by atoms with Gasteiger partial charge >= 0.3 is 5.97 Å². The molecular weight excluding hydrogens is 541 g/mol. The van der Waals surface area contributed by atoms with Crippen LogP contribution in [0.2, 0.25) is 0 Å². The molecule has 180 valence electrons. The third-order valence-electron chi connectivity index (χ3n) is 4.89. The third-order valence-corrected chi connectivity index (χ3v) is 6.21. The van der Waals surface area contributed by atoms with E-state index in [0.29, 0.717) is 29.7 Å². The number of aliphatic imine (C=N–C) groups is 1. The number of aryl methyl sites for hydroxylation is 1. The quantitative estimate of drug-likeness (QED) is 0.175. The Balaban J connectivity index is 0.00000512. The molecule has 2 aromatic rings. The average Bonchev–Trinajstić information content (AvgIpc) is 3.41. The summed E-state index contributed by atoms with van der Waals surface area (Å²) in [6, 6.07) is 3.86. The highest BCUT2D eigenvalue weighted by molar-refractivity contribution is 14.0. The molecule has 0 saturated heterocycles. The summed E-state index contributed by atoms with van der Waals surface area (Å²) in [5, 5.41) is 7.52. The van der Waals surface area contributed by atoms with Crippen LogP contribution in [0.3, 0.4) is 0 Å². The second-order valence-corrected chi connectivity index (χ2v) is 8.06. The molecule has 0 aromatic carbocycles. The molecule has 10 heteroatoms. The number of halogens is 1. The van der Waals surface area contributed by atoms with Crippen molar-refractivity contribution in [2.24, 2.45) is 4.99 Å². The van der Waals surface area contributed by atoms with Crippen LogP contribution in [0.4, 0.5) is 0 Å². The minimum atomic E-state index is -0.322. The monoisotopic (exact) mass is 577 g/mol. The summed E-state index contributed by atoms with van der Waals surface area (Å²) in [7, 11) is 0. The summed E-state index contributed by atoms with van der Waals surface area (Å²) in [6.45, 7) is 15.4. The Labute approximate surface area is 212 Å². The van der Waals surface area contributed by atoms with Crippen LogP contribution in [0, 0.1) is 6.92 Å². The van der Waals surface area contributed by atoms with Crippen molar-refractivity contribution in [3.05, 3.63) is 39.7 Å². The molecule has 2 unspecified atom stereocenters. The van der Waals surface area contributed by atoms with Gasteiger partial charge in [-0.2, -0.15) is 0 Å². The predicted octanol–water partition coefficient (Wildman–Crippen LogP) is 4.54. The van der Waals surface area contributed by atoms with E-state index in [1.807, 2.05) is 32.9 Å². The van der Waals surface area contributed by atoms with Crippen LogP contribution in [0.5, 0.6) is 0 Å². The van der Waals surface area contributed by atoms with Gasteiger partial charge in [-0.15, -0.1) is 35.3 Å². The fraction of sp³-hybridized carbons (Fsp3) is 0.591. The zero-order valence-electron chi connectivity index (χ0n) is 19.8. The molecule has 0 aliphatic rings. The van der Waals surface area contributed by atoms with Gasteiger partial charge in [0.05, 0.1) is 37.2 Å². The number of likely N-dealkylation sites (N-methyl/N-ethyl adjacent to an activating group) is 1. The van der Waals surface area contributed by atoms with E-state index in [4.69, 9.17) is 14.1 Å². The van der Waals surface area contributed by atoms with Gasteiger partial charge in [-0.05, 0) is 52.9 Å². The number of ether oxygens (including phenoxy) is 1. The molecule has 0 spiro atoms. The number of nitrogens with zero attached hydrogens (tertiary/aromatic N) is 3. The molecule has 0 bridgehead atoms. The maximum absolute atomic E-state index is 12.1. The number of nitrogens with one attached hydrogen (secondary N) is 2. The van der Waals surface area contributed by atoms with Crippen LogP contribution in [-0.4, -0.2) is 54.6 Å². The van der Waals surface area contributed by atoms with Crippen LogP contribution in [0.25, 0.3) is 0 Å². The van der Waals surface area contributed by atoms with Crippen molar-refractivity contribution in [2.75, 3.05) is 32.8 Å². The largest absolute Gasteiger partial charge is 0.468 e. The van der Waals surface area contributed by atoms with Crippen LogP contribution in [-0.2, 0) is 4.74 Å². The summed E-state index contributed by atoms with van der Waals surface area (Å²) in [6.07, 6.45) is 1.70. The standard InChI is InChI=1S/C22H35N5O3S.HI/c1-7-23-22(24-14-17(27(8-2)9-3)18-12-11-13-30-18)26-16(6)20-25-15(5)19(31-20)21(28)29-10-4;/h11-13,16-17H,7-10,14H2,1-6H3,(H2,23,24,26);1H. The third kappa shape index (κ3) is 7.73. The summed E-state index contributed by atoms with van der Waals surface area (Å²) >= 11 is 1.36.